The molecule has 1 heterocycles. The van der Waals surface area contributed by atoms with Gasteiger partial charge in [0, 0.05) is 12.2 Å². The van der Waals surface area contributed by atoms with Gasteiger partial charge < -0.3 is 11.1 Å². The highest BCUT2D eigenvalue weighted by molar-refractivity contribution is 5.36. The third kappa shape index (κ3) is 2.03. The fourth-order valence-electron chi connectivity index (χ4n) is 2.12. The molecule has 2 aliphatic carbocycles. The smallest absolute Gasteiger partial charge is 0.224 e. The zero-order valence-corrected chi connectivity index (χ0v) is 8.69. The molecular weight excluding hydrogens is 188 g/mol. The average Bonchev–Trinajstić information content (AvgIpc) is 3.07. The highest BCUT2D eigenvalue weighted by atomic mass is 15.1. The van der Waals surface area contributed by atoms with Crippen molar-refractivity contribution in [3.63, 3.8) is 0 Å². The van der Waals surface area contributed by atoms with E-state index >= 15 is 0 Å². The molecule has 0 unspecified atom stereocenters. The molecule has 0 amide bonds. The van der Waals surface area contributed by atoms with Gasteiger partial charge in [0.15, 0.2) is 0 Å². The van der Waals surface area contributed by atoms with Gasteiger partial charge in [0.1, 0.15) is 5.82 Å². The molecule has 2 saturated carbocycles. The van der Waals surface area contributed by atoms with E-state index < -0.39 is 0 Å². The third-order valence-electron chi connectivity index (χ3n) is 3.23. The van der Waals surface area contributed by atoms with E-state index in [-0.39, 0.29) is 0 Å². The molecule has 0 radical (unpaired) electrons. The van der Waals surface area contributed by atoms with Crippen molar-refractivity contribution in [2.24, 2.45) is 11.8 Å². The summed E-state index contributed by atoms with van der Waals surface area (Å²) in [6, 6.07) is 2.31. The molecule has 15 heavy (non-hydrogen) atoms. The van der Waals surface area contributed by atoms with E-state index in [1.165, 1.54) is 25.7 Å². The zero-order chi connectivity index (χ0) is 10.3. The molecule has 0 saturated heterocycles. The van der Waals surface area contributed by atoms with Gasteiger partial charge in [-0.05, 0) is 43.6 Å². The summed E-state index contributed by atoms with van der Waals surface area (Å²) in [6.07, 6.45) is 7.14. The van der Waals surface area contributed by atoms with Crippen LogP contribution in [0.5, 0.6) is 0 Å². The topological polar surface area (TPSA) is 63.8 Å². The summed E-state index contributed by atoms with van der Waals surface area (Å²) in [4.78, 5) is 8.39. The number of rotatable bonds is 4. The van der Waals surface area contributed by atoms with Gasteiger partial charge in [-0.3, -0.25) is 0 Å². The van der Waals surface area contributed by atoms with Crippen LogP contribution in [0, 0.1) is 11.8 Å². The number of nitrogens with two attached hydrogens (primary N) is 1. The van der Waals surface area contributed by atoms with Crippen molar-refractivity contribution in [2.75, 3.05) is 11.1 Å². The maximum Gasteiger partial charge on any atom is 0.224 e. The quantitative estimate of drug-likeness (QED) is 0.783. The number of aromatic nitrogens is 2. The van der Waals surface area contributed by atoms with Crippen LogP contribution in [0.15, 0.2) is 12.3 Å². The minimum atomic E-state index is 0.540. The Morgan fingerprint density at radius 1 is 1.27 bits per heavy atom. The summed E-state index contributed by atoms with van der Waals surface area (Å²) >= 11 is 0. The van der Waals surface area contributed by atoms with E-state index in [4.69, 9.17) is 5.73 Å². The standard InChI is InChI=1S/C11H16N4/c12-9-5-6-13-11(14-9)15-10(7-1-2-7)8-3-4-8/h5-8,10H,1-4H2,(H3,12,13,14,15). The van der Waals surface area contributed by atoms with E-state index in [1.54, 1.807) is 12.3 Å². The van der Waals surface area contributed by atoms with Crippen molar-refractivity contribution >= 4 is 11.8 Å². The van der Waals surface area contributed by atoms with E-state index in [0.29, 0.717) is 17.8 Å². The Labute approximate surface area is 89.3 Å². The van der Waals surface area contributed by atoms with Gasteiger partial charge in [-0.1, -0.05) is 0 Å². The van der Waals surface area contributed by atoms with Crippen molar-refractivity contribution in [1.29, 1.82) is 0 Å². The Hall–Kier alpha value is -1.32. The minimum Gasteiger partial charge on any atom is -0.384 e. The summed E-state index contributed by atoms with van der Waals surface area (Å²) in [5.41, 5.74) is 5.63. The van der Waals surface area contributed by atoms with Crippen LogP contribution in [-0.2, 0) is 0 Å². The van der Waals surface area contributed by atoms with Crippen LogP contribution in [0.1, 0.15) is 25.7 Å². The lowest BCUT2D eigenvalue weighted by Gasteiger charge is -2.17. The fraction of sp³-hybridized carbons (Fsp3) is 0.636. The summed E-state index contributed by atoms with van der Waals surface area (Å²) < 4.78 is 0. The Kier molecular flexibility index (Phi) is 2.01. The first kappa shape index (κ1) is 8.95. The molecule has 0 atom stereocenters. The van der Waals surface area contributed by atoms with Crippen molar-refractivity contribution in [1.82, 2.24) is 9.97 Å². The molecule has 4 nitrogen and oxygen atoms in total. The summed E-state index contributed by atoms with van der Waals surface area (Å²) in [5, 5.41) is 3.44. The number of anilines is 2. The number of nitrogens with one attached hydrogen (secondary N) is 1. The van der Waals surface area contributed by atoms with Gasteiger partial charge >= 0.3 is 0 Å². The van der Waals surface area contributed by atoms with E-state index in [1.807, 2.05) is 0 Å². The number of hydrogen-bond acceptors (Lipinski definition) is 4. The summed E-state index contributed by atoms with van der Waals surface area (Å²) in [5.74, 6) is 2.93. The van der Waals surface area contributed by atoms with Crippen LogP contribution in [-0.4, -0.2) is 16.0 Å². The highest BCUT2D eigenvalue weighted by Gasteiger charge is 2.41. The number of hydrogen-bond donors (Lipinski definition) is 2. The highest BCUT2D eigenvalue weighted by Crippen LogP contribution is 2.45. The lowest BCUT2D eigenvalue weighted by Crippen LogP contribution is -2.25. The average molecular weight is 204 g/mol. The second-order valence-corrected chi connectivity index (χ2v) is 4.65. The fourth-order valence-corrected chi connectivity index (χ4v) is 2.12. The lowest BCUT2D eigenvalue weighted by atomic mass is 10.1. The Bertz CT molecular complexity index is 345. The van der Waals surface area contributed by atoms with Crippen LogP contribution in [0.2, 0.25) is 0 Å². The number of nitrogens with zero attached hydrogens (tertiary/aromatic N) is 2. The summed E-state index contributed by atoms with van der Waals surface area (Å²) in [7, 11) is 0. The van der Waals surface area contributed by atoms with Gasteiger partial charge in [0.2, 0.25) is 5.95 Å². The molecule has 1 aromatic rings. The predicted octanol–water partition coefficient (Wildman–Crippen LogP) is 1.66. The molecule has 2 aliphatic rings. The molecular formula is C11H16N4. The van der Waals surface area contributed by atoms with Crippen molar-refractivity contribution in [3.05, 3.63) is 12.3 Å². The monoisotopic (exact) mass is 204 g/mol. The molecule has 3 N–H and O–H groups in total. The van der Waals surface area contributed by atoms with E-state index in [2.05, 4.69) is 15.3 Å². The first-order chi connectivity index (χ1) is 7.33. The van der Waals surface area contributed by atoms with Crippen LogP contribution in [0.25, 0.3) is 0 Å². The van der Waals surface area contributed by atoms with E-state index in [0.717, 1.165) is 11.8 Å². The van der Waals surface area contributed by atoms with Gasteiger partial charge in [-0.2, -0.15) is 4.98 Å². The second kappa shape index (κ2) is 3.36. The molecule has 1 aromatic heterocycles. The molecule has 0 spiro atoms. The van der Waals surface area contributed by atoms with Gasteiger partial charge in [-0.15, -0.1) is 0 Å². The van der Waals surface area contributed by atoms with Gasteiger partial charge in [-0.25, -0.2) is 4.98 Å². The minimum absolute atomic E-state index is 0.540. The summed E-state index contributed by atoms with van der Waals surface area (Å²) in [6.45, 7) is 0. The molecule has 2 fully saturated rings. The van der Waals surface area contributed by atoms with Crippen LogP contribution in [0.3, 0.4) is 0 Å². The van der Waals surface area contributed by atoms with Crippen molar-refractivity contribution in [3.8, 4) is 0 Å². The van der Waals surface area contributed by atoms with Gasteiger partial charge in [0.05, 0.1) is 0 Å². The molecule has 80 valence electrons. The first-order valence-corrected chi connectivity index (χ1v) is 5.68. The molecule has 3 rings (SSSR count). The molecule has 0 bridgehead atoms. The Morgan fingerprint density at radius 3 is 2.47 bits per heavy atom. The molecule has 0 aliphatic heterocycles. The first-order valence-electron chi connectivity index (χ1n) is 5.68. The maximum atomic E-state index is 5.63. The molecule has 0 aromatic carbocycles. The van der Waals surface area contributed by atoms with Crippen molar-refractivity contribution < 1.29 is 0 Å². The predicted molar refractivity (Wildman–Crippen MR) is 59.3 cm³/mol. The van der Waals surface area contributed by atoms with Crippen LogP contribution < -0.4 is 11.1 Å². The lowest BCUT2D eigenvalue weighted by molar-refractivity contribution is 0.563. The maximum absolute atomic E-state index is 5.63. The second-order valence-electron chi connectivity index (χ2n) is 4.65. The third-order valence-corrected chi connectivity index (χ3v) is 3.23. The molecule has 4 heteroatoms. The zero-order valence-electron chi connectivity index (χ0n) is 8.69. The normalized spacial score (nSPS) is 20.6. The largest absolute Gasteiger partial charge is 0.384 e. The SMILES string of the molecule is Nc1ccnc(NC(C2CC2)C2CC2)n1. The van der Waals surface area contributed by atoms with Crippen molar-refractivity contribution in [2.45, 2.75) is 31.7 Å². The Morgan fingerprint density at radius 2 is 1.93 bits per heavy atom. The Balaban J connectivity index is 1.71. The number of nitrogen functional groups attached to an aromatic ring is 1. The van der Waals surface area contributed by atoms with Crippen LogP contribution in [0.4, 0.5) is 11.8 Å². The van der Waals surface area contributed by atoms with E-state index in [9.17, 15) is 0 Å². The van der Waals surface area contributed by atoms with Gasteiger partial charge in [0.25, 0.3) is 0 Å². The van der Waals surface area contributed by atoms with Crippen LogP contribution >= 0.6 is 0 Å².